The molecular formula is C15H20ClNO2. The topological polar surface area (TPSA) is 29.5 Å². The van der Waals surface area contributed by atoms with Crippen LogP contribution in [0.4, 0.5) is 5.69 Å². The van der Waals surface area contributed by atoms with Crippen molar-refractivity contribution in [2.45, 2.75) is 19.8 Å². The zero-order valence-corrected chi connectivity index (χ0v) is 12.2. The van der Waals surface area contributed by atoms with Gasteiger partial charge in [0.25, 0.3) is 0 Å². The van der Waals surface area contributed by atoms with Crippen molar-refractivity contribution in [1.29, 1.82) is 0 Å². The molecule has 1 heterocycles. The minimum atomic E-state index is -0.000108. The van der Waals surface area contributed by atoms with Gasteiger partial charge in [0.15, 0.2) is 5.78 Å². The van der Waals surface area contributed by atoms with Crippen LogP contribution in [0.1, 0.15) is 30.1 Å². The minimum absolute atomic E-state index is 0.000108. The third-order valence-electron chi connectivity index (χ3n) is 3.56. The van der Waals surface area contributed by atoms with Gasteiger partial charge in [0.05, 0.1) is 11.6 Å². The smallest absolute Gasteiger partial charge is 0.161 e. The molecular weight excluding hydrogens is 262 g/mol. The van der Waals surface area contributed by atoms with Crippen molar-refractivity contribution in [2.24, 2.45) is 5.92 Å². The lowest BCUT2D eigenvalue weighted by atomic mass is 10.0. The molecule has 0 N–H and O–H groups in total. The molecule has 0 aromatic heterocycles. The molecule has 0 amide bonds. The van der Waals surface area contributed by atoms with Crippen molar-refractivity contribution >= 4 is 23.1 Å². The van der Waals surface area contributed by atoms with Crippen molar-refractivity contribution in [3.8, 4) is 0 Å². The highest BCUT2D eigenvalue weighted by Gasteiger charge is 2.17. The Kier molecular flexibility index (Phi) is 4.83. The number of rotatable bonds is 4. The molecule has 4 heteroatoms. The van der Waals surface area contributed by atoms with Crippen molar-refractivity contribution in [1.82, 2.24) is 0 Å². The zero-order chi connectivity index (χ0) is 13.8. The molecule has 104 valence electrons. The summed E-state index contributed by atoms with van der Waals surface area (Å²) in [6.07, 6.45) is 2.35. The van der Waals surface area contributed by atoms with Crippen LogP contribution in [0.5, 0.6) is 0 Å². The average molecular weight is 282 g/mol. The zero-order valence-electron chi connectivity index (χ0n) is 11.5. The maximum absolute atomic E-state index is 11.3. The van der Waals surface area contributed by atoms with Crippen molar-refractivity contribution in [3.05, 3.63) is 28.8 Å². The van der Waals surface area contributed by atoms with E-state index in [1.165, 1.54) is 13.3 Å². The molecule has 0 aliphatic carbocycles. The first kappa shape index (κ1) is 14.4. The molecule has 0 saturated carbocycles. The summed E-state index contributed by atoms with van der Waals surface area (Å²) in [5.74, 6) is 0.574. The van der Waals surface area contributed by atoms with Crippen LogP contribution in [0, 0.1) is 5.92 Å². The fraction of sp³-hybridized carbons (Fsp3) is 0.533. The molecule has 1 atom stereocenters. The minimum Gasteiger partial charge on any atom is -0.381 e. The molecule has 1 aromatic rings. The Morgan fingerprint density at radius 3 is 2.89 bits per heavy atom. The number of anilines is 1. The first-order chi connectivity index (χ1) is 9.08. The average Bonchev–Trinajstić information content (AvgIpc) is 2.39. The quantitative estimate of drug-likeness (QED) is 0.792. The second-order valence-corrected chi connectivity index (χ2v) is 5.59. The van der Waals surface area contributed by atoms with E-state index in [4.69, 9.17) is 16.3 Å². The molecule has 1 aliphatic rings. The highest BCUT2D eigenvalue weighted by Crippen LogP contribution is 2.25. The summed E-state index contributed by atoms with van der Waals surface area (Å²) < 4.78 is 5.50. The summed E-state index contributed by atoms with van der Waals surface area (Å²) in [6.45, 7) is 4.21. The number of halogens is 1. The Hall–Kier alpha value is -1.06. The summed E-state index contributed by atoms with van der Waals surface area (Å²) in [5, 5.41) is 0.525. The highest BCUT2D eigenvalue weighted by atomic mass is 35.5. The van der Waals surface area contributed by atoms with Crippen molar-refractivity contribution in [3.63, 3.8) is 0 Å². The number of carbonyl (C=O) groups is 1. The molecule has 19 heavy (non-hydrogen) atoms. The van der Waals surface area contributed by atoms with Gasteiger partial charge in [0.1, 0.15) is 0 Å². The summed E-state index contributed by atoms with van der Waals surface area (Å²) in [5.41, 5.74) is 1.63. The van der Waals surface area contributed by atoms with E-state index < -0.39 is 0 Å². The molecule has 0 radical (unpaired) electrons. The van der Waals surface area contributed by atoms with Gasteiger partial charge in [0, 0.05) is 31.5 Å². The summed E-state index contributed by atoms with van der Waals surface area (Å²) >= 11 is 6.14. The van der Waals surface area contributed by atoms with E-state index >= 15 is 0 Å². The lowest BCUT2D eigenvalue weighted by molar-refractivity contribution is 0.0576. The van der Waals surface area contributed by atoms with Gasteiger partial charge in [-0.2, -0.15) is 0 Å². The van der Waals surface area contributed by atoms with Gasteiger partial charge < -0.3 is 9.64 Å². The van der Waals surface area contributed by atoms with Crippen molar-refractivity contribution < 1.29 is 9.53 Å². The Labute approximate surface area is 119 Å². The predicted octanol–water partition coefficient (Wildman–Crippen LogP) is 3.41. The van der Waals surface area contributed by atoms with Crippen LogP contribution in [0.2, 0.25) is 5.02 Å². The van der Waals surface area contributed by atoms with Crippen LogP contribution in [0.15, 0.2) is 18.2 Å². The first-order valence-electron chi connectivity index (χ1n) is 6.67. The third-order valence-corrected chi connectivity index (χ3v) is 3.87. The summed E-state index contributed by atoms with van der Waals surface area (Å²) in [7, 11) is 2.05. The van der Waals surface area contributed by atoms with Crippen LogP contribution < -0.4 is 4.90 Å². The standard InChI is InChI=1S/C15H20ClNO2/c1-11(18)14-6-5-13(8-15(14)16)17(2)9-12-4-3-7-19-10-12/h5-6,8,12H,3-4,7,9-10H2,1-2H3. The monoisotopic (exact) mass is 281 g/mol. The van der Waals surface area contributed by atoms with Crippen LogP contribution in [-0.4, -0.2) is 32.6 Å². The van der Waals surface area contributed by atoms with Crippen LogP contribution in [0.25, 0.3) is 0 Å². The lowest BCUT2D eigenvalue weighted by Crippen LogP contribution is -2.30. The van der Waals surface area contributed by atoms with Gasteiger partial charge in [-0.3, -0.25) is 4.79 Å². The Bertz CT molecular complexity index is 455. The van der Waals surface area contributed by atoms with E-state index in [0.29, 0.717) is 16.5 Å². The third kappa shape index (κ3) is 3.71. The number of hydrogen-bond acceptors (Lipinski definition) is 3. The van der Waals surface area contributed by atoms with E-state index in [2.05, 4.69) is 4.90 Å². The maximum atomic E-state index is 11.3. The molecule has 1 fully saturated rings. The SMILES string of the molecule is CC(=O)c1ccc(N(C)CC2CCCOC2)cc1Cl. The highest BCUT2D eigenvalue weighted by molar-refractivity contribution is 6.34. The van der Waals surface area contributed by atoms with Gasteiger partial charge in [-0.1, -0.05) is 11.6 Å². The summed E-state index contributed by atoms with van der Waals surface area (Å²) in [6, 6.07) is 5.61. The first-order valence-corrected chi connectivity index (χ1v) is 7.05. The molecule has 1 saturated heterocycles. The second kappa shape index (κ2) is 6.40. The van der Waals surface area contributed by atoms with Crippen LogP contribution in [-0.2, 0) is 4.74 Å². The van der Waals surface area contributed by atoms with Crippen molar-refractivity contribution in [2.75, 3.05) is 31.7 Å². The van der Waals surface area contributed by atoms with E-state index in [1.807, 2.05) is 19.2 Å². The Morgan fingerprint density at radius 1 is 1.53 bits per heavy atom. The number of ketones is 1. The molecule has 1 aromatic carbocycles. The largest absolute Gasteiger partial charge is 0.381 e. The molecule has 3 nitrogen and oxygen atoms in total. The molecule has 2 rings (SSSR count). The number of Topliss-reactive ketones (excluding diaryl/α,β-unsaturated/α-hetero) is 1. The molecule has 1 aliphatic heterocycles. The van der Waals surface area contributed by atoms with E-state index in [1.54, 1.807) is 6.07 Å². The Morgan fingerprint density at radius 2 is 2.32 bits per heavy atom. The van der Waals surface area contributed by atoms with E-state index in [-0.39, 0.29) is 5.78 Å². The fourth-order valence-corrected chi connectivity index (χ4v) is 2.78. The Balaban J connectivity index is 2.04. The second-order valence-electron chi connectivity index (χ2n) is 5.18. The summed E-state index contributed by atoms with van der Waals surface area (Å²) in [4.78, 5) is 13.5. The van der Waals surface area contributed by atoms with Gasteiger partial charge in [-0.25, -0.2) is 0 Å². The van der Waals surface area contributed by atoms with E-state index in [0.717, 1.165) is 31.9 Å². The maximum Gasteiger partial charge on any atom is 0.161 e. The molecule has 0 bridgehead atoms. The molecule has 0 spiro atoms. The van der Waals surface area contributed by atoms with Crippen LogP contribution in [0.3, 0.4) is 0 Å². The van der Waals surface area contributed by atoms with Gasteiger partial charge in [-0.15, -0.1) is 0 Å². The number of ether oxygens (including phenoxy) is 1. The normalized spacial score (nSPS) is 19.2. The van der Waals surface area contributed by atoms with E-state index in [9.17, 15) is 4.79 Å². The van der Waals surface area contributed by atoms with Crippen LogP contribution >= 0.6 is 11.6 Å². The van der Waals surface area contributed by atoms with Gasteiger partial charge in [-0.05, 0) is 43.9 Å². The fourth-order valence-electron chi connectivity index (χ4n) is 2.47. The molecule has 1 unspecified atom stereocenters. The predicted molar refractivity (Wildman–Crippen MR) is 78.3 cm³/mol. The number of benzene rings is 1. The van der Waals surface area contributed by atoms with Gasteiger partial charge in [0.2, 0.25) is 0 Å². The number of nitrogens with zero attached hydrogens (tertiary/aromatic N) is 1. The number of hydrogen-bond donors (Lipinski definition) is 0. The van der Waals surface area contributed by atoms with Gasteiger partial charge >= 0.3 is 0 Å². The number of carbonyl (C=O) groups excluding carboxylic acids is 1. The lowest BCUT2D eigenvalue weighted by Gasteiger charge is -2.28.